The van der Waals surface area contributed by atoms with Crippen molar-refractivity contribution in [3.63, 3.8) is 0 Å². The molecule has 2 aliphatic heterocycles. The van der Waals surface area contributed by atoms with Crippen molar-refractivity contribution in [2.45, 2.75) is 44.0 Å². The fraction of sp³-hybridized carbons (Fsp3) is 0.458. The number of hydrogen-bond donors (Lipinski definition) is 1. The Hall–Kier alpha value is -2.38. The molecule has 0 aromatic heterocycles. The molecule has 0 saturated carbocycles. The van der Waals surface area contributed by atoms with Crippen molar-refractivity contribution in [2.75, 3.05) is 31.6 Å². The molecule has 6 nitrogen and oxygen atoms in total. The zero-order valence-corrected chi connectivity index (χ0v) is 19.1. The predicted octanol–water partition coefficient (Wildman–Crippen LogP) is 3.42. The number of nitrogens with zero attached hydrogens (tertiary/aromatic N) is 2. The van der Waals surface area contributed by atoms with Gasteiger partial charge in [-0.25, -0.2) is 8.42 Å². The van der Waals surface area contributed by atoms with Crippen LogP contribution in [0.25, 0.3) is 0 Å². The van der Waals surface area contributed by atoms with Crippen LogP contribution in [0, 0.1) is 5.92 Å². The summed E-state index contributed by atoms with van der Waals surface area (Å²) in [6.45, 7) is 4.79. The smallest absolute Gasteiger partial charge is 0.251 e. The molecule has 0 bridgehead atoms. The van der Waals surface area contributed by atoms with Crippen molar-refractivity contribution in [3.05, 3.63) is 59.2 Å². The van der Waals surface area contributed by atoms with Crippen molar-refractivity contribution >= 4 is 21.6 Å². The summed E-state index contributed by atoms with van der Waals surface area (Å²) in [5, 5.41) is 2.95. The Kier molecular flexibility index (Phi) is 6.34. The van der Waals surface area contributed by atoms with Gasteiger partial charge < -0.3 is 10.2 Å². The van der Waals surface area contributed by atoms with E-state index in [0.29, 0.717) is 31.1 Å². The van der Waals surface area contributed by atoms with E-state index in [-0.39, 0.29) is 10.8 Å². The summed E-state index contributed by atoms with van der Waals surface area (Å²) in [6, 6.07) is 12.6. The van der Waals surface area contributed by atoms with E-state index < -0.39 is 10.0 Å². The van der Waals surface area contributed by atoms with Gasteiger partial charge in [0, 0.05) is 44.5 Å². The van der Waals surface area contributed by atoms with Crippen molar-refractivity contribution in [1.82, 2.24) is 9.62 Å². The lowest BCUT2D eigenvalue weighted by molar-refractivity contribution is 0.0950. The maximum absolute atomic E-state index is 12.8. The number of anilines is 1. The van der Waals surface area contributed by atoms with Crippen LogP contribution in [0.2, 0.25) is 0 Å². The number of sulfonamides is 1. The van der Waals surface area contributed by atoms with Gasteiger partial charge in [0.2, 0.25) is 10.0 Å². The average molecular weight is 442 g/mol. The SMILES string of the molecule is CC1CCN(S(=O)(=O)c2ccc(C(=O)NCc3ccc4c(c3)CCCN4C)cc2)CC1. The van der Waals surface area contributed by atoms with Crippen LogP contribution in [-0.2, 0) is 23.0 Å². The Morgan fingerprint density at radius 3 is 2.48 bits per heavy atom. The lowest BCUT2D eigenvalue weighted by Gasteiger charge is -2.29. The Morgan fingerprint density at radius 1 is 1.06 bits per heavy atom. The van der Waals surface area contributed by atoms with Gasteiger partial charge in [-0.1, -0.05) is 19.1 Å². The van der Waals surface area contributed by atoms with E-state index in [9.17, 15) is 13.2 Å². The van der Waals surface area contributed by atoms with Gasteiger partial charge in [-0.3, -0.25) is 4.79 Å². The molecular formula is C24H31N3O3S. The maximum atomic E-state index is 12.8. The second kappa shape index (κ2) is 9.01. The predicted molar refractivity (Wildman–Crippen MR) is 123 cm³/mol. The van der Waals surface area contributed by atoms with E-state index in [1.54, 1.807) is 16.4 Å². The molecule has 7 heteroatoms. The molecule has 0 radical (unpaired) electrons. The topological polar surface area (TPSA) is 69.7 Å². The van der Waals surface area contributed by atoms with Gasteiger partial charge in [0.1, 0.15) is 0 Å². The van der Waals surface area contributed by atoms with Crippen molar-refractivity contribution < 1.29 is 13.2 Å². The fourth-order valence-corrected chi connectivity index (χ4v) is 5.86. The molecule has 1 saturated heterocycles. The third kappa shape index (κ3) is 4.77. The molecule has 1 fully saturated rings. The number of aryl methyl sites for hydroxylation is 1. The van der Waals surface area contributed by atoms with Crippen LogP contribution in [0.15, 0.2) is 47.4 Å². The molecule has 4 rings (SSSR count). The molecular weight excluding hydrogens is 410 g/mol. The minimum Gasteiger partial charge on any atom is -0.374 e. The summed E-state index contributed by atoms with van der Waals surface area (Å²) < 4.78 is 27.2. The van der Waals surface area contributed by atoms with E-state index in [4.69, 9.17) is 0 Å². The minimum absolute atomic E-state index is 0.203. The van der Waals surface area contributed by atoms with Crippen LogP contribution in [0.1, 0.15) is 47.7 Å². The first kappa shape index (κ1) is 21.8. The molecule has 0 aliphatic carbocycles. The standard InChI is InChI=1S/C24H31N3O3S/c1-18-11-14-27(15-12-18)31(29,30)22-8-6-20(7-9-22)24(28)25-17-19-5-10-23-21(16-19)4-3-13-26(23)2/h5-10,16,18H,3-4,11-15,17H2,1-2H3,(H,25,28). The molecule has 31 heavy (non-hydrogen) atoms. The number of amides is 1. The van der Waals surface area contributed by atoms with Gasteiger partial charge >= 0.3 is 0 Å². The molecule has 166 valence electrons. The molecule has 2 aromatic carbocycles. The van der Waals surface area contributed by atoms with E-state index in [1.807, 2.05) is 0 Å². The second-order valence-electron chi connectivity index (χ2n) is 8.78. The number of benzene rings is 2. The van der Waals surface area contributed by atoms with Crippen LogP contribution in [0.4, 0.5) is 5.69 Å². The highest BCUT2D eigenvalue weighted by Crippen LogP contribution is 2.27. The molecule has 0 atom stereocenters. The average Bonchev–Trinajstić information content (AvgIpc) is 2.78. The maximum Gasteiger partial charge on any atom is 0.251 e. The van der Waals surface area contributed by atoms with Gasteiger partial charge in [-0.05, 0) is 73.1 Å². The number of fused-ring (bicyclic) bond motifs is 1. The van der Waals surface area contributed by atoms with Gasteiger partial charge in [-0.2, -0.15) is 4.31 Å². The molecule has 1 N–H and O–H groups in total. The number of carbonyl (C=O) groups excluding carboxylic acids is 1. The zero-order chi connectivity index (χ0) is 22.0. The van der Waals surface area contributed by atoms with E-state index in [1.165, 1.54) is 23.4 Å². The summed E-state index contributed by atoms with van der Waals surface area (Å²) in [7, 11) is -1.39. The lowest BCUT2D eigenvalue weighted by Crippen LogP contribution is -2.37. The summed E-state index contributed by atoms with van der Waals surface area (Å²) in [6.07, 6.45) is 3.98. The van der Waals surface area contributed by atoms with Gasteiger partial charge in [0.05, 0.1) is 4.90 Å². The lowest BCUT2D eigenvalue weighted by atomic mass is 9.99. The van der Waals surface area contributed by atoms with Crippen molar-refractivity contribution in [2.24, 2.45) is 5.92 Å². The Bertz CT molecular complexity index is 1040. The summed E-state index contributed by atoms with van der Waals surface area (Å²) >= 11 is 0. The number of rotatable bonds is 5. The van der Waals surface area contributed by atoms with Crippen LogP contribution >= 0.6 is 0 Å². The van der Waals surface area contributed by atoms with Gasteiger partial charge in [0.25, 0.3) is 5.91 Å². The van der Waals surface area contributed by atoms with Gasteiger partial charge in [0.15, 0.2) is 0 Å². The second-order valence-corrected chi connectivity index (χ2v) is 10.7. The van der Waals surface area contributed by atoms with Gasteiger partial charge in [-0.15, -0.1) is 0 Å². The Morgan fingerprint density at radius 2 is 1.77 bits per heavy atom. The zero-order valence-electron chi connectivity index (χ0n) is 18.3. The van der Waals surface area contributed by atoms with Crippen molar-refractivity contribution in [1.29, 1.82) is 0 Å². The van der Waals surface area contributed by atoms with Crippen LogP contribution in [-0.4, -0.2) is 45.3 Å². The highest BCUT2D eigenvalue weighted by molar-refractivity contribution is 7.89. The molecule has 2 aliphatic rings. The monoisotopic (exact) mass is 441 g/mol. The van der Waals surface area contributed by atoms with E-state index >= 15 is 0 Å². The van der Waals surface area contributed by atoms with E-state index in [2.05, 4.69) is 42.4 Å². The third-order valence-corrected chi connectivity index (χ3v) is 8.36. The van der Waals surface area contributed by atoms with Crippen LogP contribution in [0.3, 0.4) is 0 Å². The largest absolute Gasteiger partial charge is 0.374 e. The first-order valence-corrected chi connectivity index (χ1v) is 12.5. The number of carbonyl (C=O) groups is 1. The van der Waals surface area contributed by atoms with Crippen molar-refractivity contribution in [3.8, 4) is 0 Å². The molecule has 2 heterocycles. The highest BCUT2D eigenvalue weighted by atomic mass is 32.2. The summed E-state index contributed by atoms with van der Waals surface area (Å²) in [5.41, 5.74) is 4.12. The number of hydrogen-bond acceptors (Lipinski definition) is 4. The summed E-state index contributed by atoms with van der Waals surface area (Å²) in [4.78, 5) is 15.1. The first-order chi connectivity index (χ1) is 14.8. The molecule has 1 amide bonds. The first-order valence-electron chi connectivity index (χ1n) is 11.1. The third-order valence-electron chi connectivity index (χ3n) is 6.44. The number of nitrogens with one attached hydrogen (secondary N) is 1. The molecule has 0 unspecified atom stereocenters. The quantitative estimate of drug-likeness (QED) is 0.772. The Labute approximate surface area is 185 Å². The molecule has 0 spiro atoms. The fourth-order valence-electron chi connectivity index (χ4n) is 4.39. The normalized spacial score (nSPS) is 17.9. The highest BCUT2D eigenvalue weighted by Gasteiger charge is 2.28. The van der Waals surface area contributed by atoms with E-state index in [0.717, 1.165) is 37.8 Å². The van der Waals surface area contributed by atoms with Crippen LogP contribution < -0.4 is 10.2 Å². The summed E-state index contributed by atoms with van der Waals surface area (Å²) in [5.74, 6) is 0.360. The van der Waals surface area contributed by atoms with Crippen LogP contribution in [0.5, 0.6) is 0 Å². The number of piperidine rings is 1. The molecule has 2 aromatic rings. The Balaban J connectivity index is 1.38. The minimum atomic E-state index is -3.50.